The van der Waals surface area contributed by atoms with Crippen LogP contribution in [0.25, 0.3) is 11.0 Å². The number of sulfonamides is 1. The molecule has 5 nitrogen and oxygen atoms in total. The molecule has 0 saturated heterocycles. The Kier molecular flexibility index (Phi) is 3.92. The summed E-state index contributed by atoms with van der Waals surface area (Å²) in [6.07, 6.45) is 0. The molecule has 0 amide bonds. The first-order valence-electron chi connectivity index (χ1n) is 7.07. The molecule has 0 aliphatic rings. The van der Waals surface area contributed by atoms with E-state index in [1.807, 2.05) is 37.3 Å². The van der Waals surface area contributed by atoms with Crippen LogP contribution in [0.2, 0.25) is 0 Å². The molecule has 118 valence electrons. The van der Waals surface area contributed by atoms with Gasteiger partial charge in [0.05, 0.1) is 4.90 Å². The van der Waals surface area contributed by atoms with Gasteiger partial charge in [0.2, 0.25) is 0 Å². The Balaban J connectivity index is 1.84. The average Bonchev–Trinajstić information content (AvgIpc) is 2.97. The molecular formula is C17H16N2O3S. The molecule has 0 radical (unpaired) electrons. The summed E-state index contributed by atoms with van der Waals surface area (Å²) in [7, 11) is -3.69. The average molecular weight is 328 g/mol. The van der Waals surface area contributed by atoms with Gasteiger partial charge in [-0.3, -0.25) is 0 Å². The van der Waals surface area contributed by atoms with E-state index in [-0.39, 0.29) is 4.90 Å². The van der Waals surface area contributed by atoms with Crippen LogP contribution < -0.4 is 4.83 Å². The third-order valence-corrected chi connectivity index (χ3v) is 4.67. The maximum Gasteiger partial charge on any atom is 0.276 e. The van der Waals surface area contributed by atoms with Gasteiger partial charge in [0, 0.05) is 5.39 Å². The number of furan rings is 1. The second kappa shape index (κ2) is 5.89. The molecule has 3 aromatic rings. The summed E-state index contributed by atoms with van der Waals surface area (Å²) < 4.78 is 30.1. The smallest absolute Gasteiger partial charge is 0.276 e. The summed E-state index contributed by atoms with van der Waals surface area (Å²) in [4.78, 5) is 2.41. The van der Waals surface area contributed by atoms with Gasteiger partial charge in [-0.15, -0.1) is 0 Å². The quantitative estimate of drug-likeness (QED) is 0.589. The minimum absolute atomic E-state index is 0.171. The number of hydrogen-bond acceptors (Lipinski definition) is 4. The van der Waals surface area contributed by atoms with Crippen molar-refractivity contribution in [3.8, 4) is 0 Å². The summed E-state index contributed by atoms with van der Waals surface area (Å²) >= 11 is 0. The highest BCUT2D eigenvalue weighted by atomic mass is 32.2. The lowest BCUT2D eigenvalue weighted by Gasteiger charge is -2.04. The Morgan fingerprint density at radius 1 is 1.09 bits per heavy atom. The van der Waals surface area contributed by atoms with Gasteiger partial charge in [0.25, 0.3) is 10.0 Å². The van der Waals surface area contributed by atoms with Crippen LogP contribution >= 0.6 is 0 Å². The Morgan fingerprint density at radius 2 is 1.78 bits per heavy atom. The highest BCUT2D eigenvalue weighted by Crippen LogP contribution is 2.19. The summed E-state index contributed by atoms with van der Waals surface area (Å²) in [5.74, 6) is 0.526. The number of nitrogens with one attached hydrogen (secondary N) is 1. The predicted molar refractivity (Wildman–Crippen MR) is 89.9 cm³/mol. The molecule has 0 saturated carbocycles. The molecule has 1 N–H and O–H groups in total. The van der Waals surface area contributed by atoms with Crippen molar-refractivity contribution >= 4 is 26.7 Å². The topological polar surface area (TPSA) is 71.7 Å². The number of benzene rings is 2. The van der Waals surface area contributed by atoms with Gasteiger partial charge < -0.3 is 4.42 Å². The van der Waals surface area contributed by atoms with Gasteiger partial charge in [0.1, 0.15) is 11.3 Å². The molecule has 6 heteroatoms. The van der Waals surface area contributed by atoms with Gasteiger partial charge in [0.15, 0.2) is 5.76 Å². The van der Waals surface area contributed by atoms with Gasteiger partial charge in [-0.2, -0.15) is 18.4 Å². The van der Waals surface area contributed by atoms with Crippen molar-refractivity contribution in [2.24, 2.45) is 5.10 Å². The van der Waals surface area contributed by atoms with Crippen molar-refractivity contribution in [2.45, 2.75) is 18.7 Å². The van der Waals surface area contributed by atoms with Gasteiger partial charge in [-0.25, -0.2) is 0 Å². The summed E-state index contributed by atoms with van der Waals surface area (Å²) in [5.41, 5.74) is 2.18. The molecule has 1 heterocycles. The Labute approximate surface area is 134 Å². The van der Waals surface area contributed by atoms with E-state index in [1.54, 1.807) is 31.2 Å². The number of aryl methyl sites for hydroxylation is 1. The van der Waals surface area contributed by atoms with E-state index in [0.717, 1.165) is 16.5 Å². The molecule has 0 aliphatic carbocycles. The molecule has 0 unspecified atom stereocenters. The molecule has 0 spiro atoms. The normalized spacial score (nSPS) is 12.5. The Bertz CT molecular complexity index is 938. The number of rotatable bonds is 4. The molecule has 3 rings (SSSR count). The summed E-state index contributed by atoms with van der Waals surface area (Å²) in [6.45, 7) is 3.59. The number of hydrazone groups is 1. The number of fused-ring (bicyclic) bond motifs is 1. The lowest BCUT2D eigenvalue weighted by atomic mass is 10.2. The molecule has 0 aliphatic heterocycles. The van der Waals surface area contributed by atoms with Gasteiger partial charge in [-0.1, -0.05) is 35.9 Å². The van der Waals surface area contributed by atoms with Crippen LogP contribution in [0.3, 0.4) is 0 Å². The second-order valence-electron chi connectivity index (χ2n) is 5.25. The van der Waals surface area contributed by atoms with E-state index in [0.29, 0.717) is 11.5 Å². The highest BCUT2D eigenvalue weighted by molar-refractivity contribution is 7.89. The predicted octanol–water partition coefficient (Wildman–Crippen LogP) is 3.44. The maximum atomic E-state index is 12.2. The van der Waals surface area contributed by atoms with Crippen molar-refractivity contribution in [1.29, 1.82) is 0 Å². The monoisotopic (exact) mass is 328 g/mol. The van der Waals surface area contributed by atoms with Crippen molar-refractivity contribution < 1.29 is 12.8 Å². The lowest BCUT2D eigenvalue weighted by Crippen LogP contribution is -2.19. The van der Waals surface area contributed by atoms with Crippen LogP contribution in [0, 0.1) is 6.92 Å². The lowest BCUT2D eigenvalue weighted by molar-refractivity contribution is 0.583. The van der Waals surface area contributed by atoms with Crippen LogP contribution in [0.1, 0.15) is 18.2 Å². The van der Waals surface area contributed by atoms with Crippen LogP contribution in [0.5, 0.6) is 0 Å². The molecule has 2 aromatic carbocycles. The number of nitrogens with zero attached hydrogens (tertiary/aromatic N) is 1. The fourth-order valence-corrected chi connectivity index (χ4v) is 2.97. The van der Waals surface area contributed by atoms with E-state index in [2.05, 4.69) is 9.93 Å². The Hall–Kier alpha value is -2.60. The van der Waals surface area contributed by atoms with Crippen LogP contribution in [0.15, 0.2) is 69.0 Å². The zero-order chi connectivity index (χ0) is 16.4. The highest BCUT2D eigenvalue weighted by Gasteiger charge is 2.13. The van der Waals surface area contributed by atoms with E-state index in [9.17, 15) is 8.42 Å². The van der Waals surface area contributed by atoms with E-state index in [1.165, 1.54) is 0 Å². The van der Waals surface area contributed by atoms with E-state index < -0.39 is 10.0 Å². The second-order valence-corrected chi connectivity index (χ2v) is 6.91. The molecule has 0 fully saturated rings. The fourth-order valence-electron chi connectivity index (χ4n) is 2.11. The van der Waals surface area contributed by atoms with Crippen LogP contribution in [0.4, 0.5) is 0 Å². The van der Waals surface area contributed by atoms with Gasteiger partial charge >= 0.3 is 0 Å². The number of hydrogen-bond donors (Lipinski definition) is 1. The van der Waals surface area contributed by atoms with Crippen molar-refractivity contribution in [3.63, 3.8) is 0 Å². The molecule has 1 aromatic heterocycles. The summed E-state index contributed by atoms with van der Waals surface area (Å²) in [6, 6.07) is 16.0. The zero-order valence-electron chi connectivity index (χ0n) is 12.8. The standard InChI is InChI=1S/C17H16N2O3S/c1-12-7-9-15(10-8-12)23(20,21)19-18-13(2)17-11-14-5-3-4-6-16(14)22-17/h3-11,19H,1-2H3/b18-13+. The summed E-state index contributed by atoms with van der Waals surface area (Å²) in [5, 5.41) is 4.89. The van der Waals surface area contributed by atoms with E-state index in [4.69, 9.17) is 4.42 Å². The number of para-hydroxylation sites is 1. The molecule has 0 atom stereocenters. The van der Waals surface area contributed by atoms with Crippen molar-refractivity contribution in [1.82, 2.24) is 4.83 Å². The zero-order valence-corrected chi connectivity index (χ0v) is 13.6. The third-order valence-electron chi connectivity index (χ3n) is 3.45. The van der Waals surface area contributed by atoms with E-state index >= 15 is 0 Å². The molecule has 23 heavy (non-hydrogen) atoms. The largest absolute Gasteiger partial charge is 0.455 e. The van der Waals surface area contributed by atoms with Crippen LogP contribution in [-0.4, -0.2) is 14.1 Å². The third kappa shape index (κ3) is 3.27. The Morgan fingerprint density at radius 3 is 2.48 bits per heavy atom. The van der Waals surface area contributed by atoms with Crippen molar-refractivity contribution in [3.05, 3.63) is 65.9 Å². The maximum absolute atomic E-state index is 12.2. The minimum Gasteiger partial charge on any atom is -0.455 e. The first-order chi connectivity index (χ1) is 11.0. The van der Waals surface area contributed by atoms with Gasteiger partial charge in [-0.05, 0) is 38.1 Å². The molecule has 0 bridgehead atoms. The minimum atomic E-state index is -3.69. The SMILES string of the molecule is C/C(=N\NS(=O)(=O)c1ccc(C)cc1)c1cc2ccccc2o1. The fraction of sp³-hybridized carbons (Fsp3) is 0.118. The molecular weight excluding hydrogens is 312 g/mol. The first-order valence-corrected chi connectivity index (χ1v) is 8.56. The van der Waals surface area contributed by atoms with Crippen LogP contribution in [-0.2, 0) is 10.0 Å². The van der Waals surface area contributed by atoms with Crippen molar-refractivity contribution in [2.75, 3.05) is 0 Å². The first kappa shape index (κ1) is 15.3.